The molecule has 0 bridgehead atoms. The van der Waals surface area contributed by atoms with E-state index in [2.05, 4.69) is 37.4 Å². The molecule has 158 valence electrons. The van der Waals surface area contributed by atoms with Gasteiger partial charge in [0.2, 0.25) is 0 Å². The Morgan fingerprint density at radius 1 is 1.03 bits per heavy atom. The van der Waals surface area contributed by atoms with Crippen molar-refractivity contribution < 1.29 is 9.53 Å². The van der Waals surface area contributed by atoms with Crippen LogP contribution in [-0.4, -0.2) is 17.5 Å². The van der Waals surface area contributed by atoms with Crippen molar-refractivity contribution in [2.45, 2.75) is 33.1 Å². The quantitative estimate of drug-likeness (QED) is 0.304. The molecule has 31 heavy (non-hydrogen) atoms. The van der Waals surface area contributed by atoms with Gasteiger partial charge in [-0.2, -0.15) is 0 Å². The Morgan fingerprint density at radius 3 is 2.65 bits per heavy atom. The van der Waals surface area contributed by atoms with Gasteiger partial charge in [-0.3, -0.25) is 4.79 Å². The Balaban J connectivity index is 1.46. The van der Waals surface area contributed by atoms with Gasteiger partial charge in [0.1, 0.15) is 10.8 Å². The van der Waals surface area contributed by atoms with Crippen LogP contribution in [0.25, 0.3) is 20.8 Å². The second-order valence-electron chi connectivity index (χ2n) is 7.57. The molecule has 0 unspecified atom stereocenters. The highest BCUT2D eigenvalue weighted by molar-refractivity contribution is 7.21. The summed E-state index contributed by atoms with van der Waals surface area (Å²) in [4.78, 5) is 17.6. The van der Waals surface area contributed by atoms with Gasteiger partial charge in [-0.1, -0.05) is 38.0 Å². The molecule has 0 saturated carbocycles. The monoisotopic (exact) mass is 430 g/mol. The summed E-state index contributed by atoms with van der Waals surface area (Å²) in [6.45, 7) is 4.86. The summed E-state index contributed by atoms with van der Waals surface area (Å²) in [5.41, 5.74) is 4.57. The maximum absolute atomic E-state index is 12.8. The highest BCUT2D eigenvalue weighted by Crippen LogP contribution is 2.31. The van der Waals surface area contributed by atoms with Crippen LogP contribution in [0, 0.1) is 6.92 Å². The first kappa shape index (κ1) is 21.1. The normalized spacial score (nSPS) is 10.9. The molecule has 1 aromatic heterocycles. The lowest BCUT2D eigenvalue weighted by Crippen LogP contribution is -2.14. The molecule has 3 aromatic carbocycles. The van der Waals surface area contributed by atoms with Crippen molar-refractivity contribution in [1.82, 2.24) is 4.98 Å². The number of aromatic nitrogens is 1. The largest absolute Gasteiger partial charge is 0.493 e. The van der Waals surface area contributed by atoms with E-state index in [4.69, 9.17) is 9.72 Å². The van der Waals surface area contributed by atoms with Crippen LogP contribution in [0.15, 0.2) is 66.7 Å². The summed E-state index contributed by atoms with van der Waals surface area (Å²) in [5, 5.41) is 3.95. The second-order valence-corrected chi connectivity index (χ2v) is 8.60. The van der Waals surface area contributed by atoms with Crippen molar-refractivity contribution in [3.63, 3.8) is 0 Å². The van der Waals surface area contributed by atoms with Crippen LogP contribution in [0.5, 0.6) is 5.75 Å². The number of nitrogens with zero attached hydrogens (tertiary/aromatic N) is 1. The standard InChI is InChI=1S/C26H26N2O2S/c1-3-4-7-16-30-23-9-6-5-8-21(23)25(29)27-20-13-11-19(12-14-20)26-28-22-15-10-18(2)17-24(22)31-26/h5-6,8-15,17H,3-4,7,16H2,1-2H3,(H,27,29). The number of para-hydroxylation sites is 1. The van der Waals surface area contributed by atoms with Gasteiger partial charge < -0.3 is 10.1 Å². The molecule has 4 aromatic rings. The van der Waals surface area contributed by atoms with E-state index in [1.807, 2.05) is 42.5 Å². The molecular weight excluding hydrogens is 404 g/mol. The van der Waals surface area contributed by atoms with Crippen LogP contribution in [-0.2, 0) is 0 Å². The maximum atomic E-state index is 12.8. The lowest BCUT2D eigenvalue weighted by atomic mass is 10.1. The number of carbonyl (C=O) groups is 1. The minimum Gasteiger partial charge on any atom is -0.493 e. The van der Waals surface area contributed by atoms with Crippen LogP contribution in [0.2, 0.25) is 0 Å². The molecule has 1 N–H and O–H groups in total. The van der Waals surface area contributed by atoms with Crippen molar-refractivity contribution in [1.29, 1.82) is 0 Å². The van der Waals surface area contributed by atoms with Gasteiger partial charge in [-0.05, 0) is 67.4 Å². The molecule has 4 rings (SSSR count). The molecular formula is C26H26N2O2S. The Kier molecular flexibility index (Phi) is 6.63. The number of aryl methyl sites for hydroxylation is 1. The van der Waals surface area contributed by atoms with Gasteiger partial charge in [0.25, 0.3) is 5.91 Å². The molecule has 0 aliphatic heterocycles. The van der Waals surface area contributed by atoms with E-state index in [0.29, 0.717) is 17.9 Å². The van der Waals surface area contributed by atoms with Gasteiger partial charge in [0, 0.05) is 11.3 Å². The summed E-state index contributed by atoms with van der Waals surface area (Å²) in [5.74, 6) is 0.451. The smallest absolute Gasteiger partial charge is 0.259 e. The number of unbranched alkanes of at least 4 members (excludes halogenated alkanes) is 2. The van der Waals surface area contributed by atoms with Gasteiger partial charge in [-0.25, -0.2) is 4.98 Å². The first-order valence-corrected chi connectivity index (χ1v) is 11.5. The number of anilines is 1. The predicted molar refractivity (Wildman–Crippen MR) is 129 cm³/mol. The topological polar surface area (TPSA) is 51.2 Å². The van der Waals surface area contributed by atoms with Gasteiger partial charge in [0.05, 0.1) is 22.4 Å². The Labute approximate surface area is 186 Å². The van der Waals surface area contributed by atoms with Crippen LogP contribution < -0.4 is 10.1 Å². The number of amides is 1. The first-order chi connectivity index (χ1) is 15.1. The summed E-state index contributed by atoms with van der Waals surface area (Å²) >= 11 is 1.68. The Bertz CT molecular complexity index is 1180. The van der Waals surface area contributed by atoms with Crippen molar-refractivity contribution >= 4 is 33.1 Å². The molecule has 1 amide bonds. The highest BCUT2D eigenvalue weighted by atomic mass is 32.1. The predicted octanol–water partition coefficient (Wildman–Crippen LogP) is 7.09. The fourth-order valence-electron chi connectivity index (χ4n) is 3.36. The Hall–Kier alpha value is -3.18. The lowest BCUT2D eigenvalue weighted by molar-refractivity contribution is 0.102. The zero-order chi connectivity index (χ0) is 21.6. The second kappa shape index (κ2) is 9.75. The molecule has 0 saturated heterocycles. The van der Waals surface area contributed by atoms with Crippen LogP contribution in [0.4, 0.5) is 5.69 Å². The van der Waals surface area contributed by atoms with Crippen molar-refractivity contribution in [3.8, 4) is 16.3 Å². The molecule has 5 heteroatoms. The highest BCUT2D eigenvalue weighted by Gasteiger charge is 2.13. The van der Waals surface area contributed by atoms with Gasteiger partial charge in [0.15, 0.2) is 0 Å². The number of rotatable bonds is 8. The fourth-order valence-corrected chi connectivity index (χ4v) is 4.43. The fraction of sp³-hybridized carbons (Fsp3) is 0.231. The molecule has 0 radical (unpaired) electrons. The third-order valence-corrected chi connectivity index (χ3v) is 6.14. The summed E-state index contributed by atoms with van der Waals surface area (Å²) in [7, 11) is 0. The number of fused-ring (bicyclic) bond motifs is 1. The summed E-state index contributed by atoms with van der Waals surface area (Å²) in [6, 6.07) is 21.5. The number of hydrogen-bond acceptors (Lipinski definition) is 4. The van der Waals surface area contributed by atoms with Gasteiger partial charge >= 0.3 is 0 Å². The third kappa shape index (κ3) is 5.12. The third-order valence-electron chi connectivity index (χ3n) is 5.07. The minimum absolute atomic E-state index is 0.172. The zero-order valence-electron chi connectivity index (χ0n) is 17.9. The van der Waals surface area contributed by atoms with E-state index in [-0.39, 0.29) is 5.91 Å². The Morgan fingerprint density at radius 2 is 1.84 bits per heavy atom. The summed E-state index contributed by atoms with van der Waals surface area (Å²) in [6.07, 6.45) is 3.24. The van der Waals surface area contributed by atoms with E-state index >= 15 is 0 Å². The molecule has 0 spiro atoms. The minimum atomic E-state index is -0.172. The van der Waals surface area contributed by atoms with Crippen LogP contribution in [0.3, 0.4) is 0 Å². The van der Waals surface area contributed by atoms with Crippen LogP contribution in [0.1, 0.15) is 42.1 Å². The number of hydrogen-bond donors (Lipinski definition) is 1. The van der Waals surface area contributed by atoms with Crippen molar-refractivity contribution in [3.05, 3.63) is 77.9 Å². The molecule has 0 atom stereocenters. The van der Waals surface area contributed by atoms with E-state index in [9.17, 15) is 4.79 Å². The SMILES string of the molecule is CCCCCOc1ccccc1C(=O)Nc1ccc(-c2nc3ccc(C)cc3s2)cc1. The molecule has 0 aliphatic rings. The van der Waals surface area contributed by atoms with E-state index in [1.54, 1.807) is 17.4 Å². The van der Waals surface area contributed by atoms with Crippen molar-refractivity contribution in [2.24, 2.45) is 0 Å². The van der Waals surface area contributed by atoms with E-state index in [0.717, 1.165) is 41.0 Å². The van der Waals surface area contributed by atoms with Gasteiger partial charge in [-0.15, -0.1) is 11.3 Å². The number of benzene rings is 3. The van der Waals surface area contributed by atoms with Crippen LogP contribution >= 0.6 is 11.3 Å². The average molecular weight is 431 g/mol. The number of ether oxygens (including phenoxy) is 1. The van der Waals surface area contributed by atoms with E-state index in [1.165, 1.54) is 10.3 Å². The molecule has 1 heterocycles. The summed E-state index contributed by atoms with van der Waals surface area (Å²) < 4.78 is 7.03. The maximum Gasteiger partial charge on any atom is 0.259 e. The lowest BCUT2D eigenvalue weighted by Gasteiger charge is -2.12. The molecule has 4 nitrogen and oxygen atoms in total. The molecule has 0 aliphatic carbocycles. The zero-order valence-corrected chi connectivity index (χ0v) is 18.7. The molecule has 0 fully saturated rings. The number of thiazole rings is 1. The average Bonchev–Trinajstić information content (AvgIpc) is 3.20. The van der Waals surface area contributed by atoms with E-state index < -0.39 is 0 Å². The number of nitrogens with one attached hydrogen (secondary N) is 1. The van der Waals surface area contributed by atoms with Crippen molar-refractivity contribution in [2.75, 3.05) is 11.9 Å². The first-order valence-electron chi connectivity index (χ1n) is 10.6. The number of carbonyl (C=O) groups excluding carboxylic acids is 1.